The zero-order valence-electron chi connectivity index (χ0n) is 6.27. The Bertz CT molecular complexity index is 106. The van der Waals surface area contributed by atoms with Gasteiger partial charge in [0.15, 0.2) is 0 Å². The van der Waals surface area contributed by atoms with E-state index in [0.29, 0.717) is 6.04 Å². The highest BCUT2D eigenvalue weighted by Crippen LogP contribution is 2.12. The highest BCUT2D eigenvalue weighted by molar-refractivity contribution is 9.11. The summed E-state index contributed by atoms with van der Waals surface area (Å²) in [5.74, 6) is 1.99. The first kappa shape index (κ1) is 10.5. The predicted molar refractivity (Wildman–Crippen MR) is 53.7 cm³/mol. The quantitative estimate of drug-likeness (QED) is 0.775. The Morgan fingerprint density at radius 1 is 1.80 bits per heavy atom. The van der Waals surface area contributed by atoms with Crippen molar-refractivity contribution in [1.82, 2.24) is 0 Å². The van der Waals surface area contributed by atoms with Gasteiger partial charge in [0, 0.05) is 17.5 Å². The molecule has 0 aromatic rings. The highest BCUT2D eigenvalue weighted by Gasteiger charge is 1.98. The molecule has 10 heavy (non-hydrogen) atoms. The lowest BCUT2D eigenvalue weighted by molar-refractivity contribution is 0.725. The molecule has 0 aromatic carbocycles. The summed E-state index contributed by atoms with van der Waals surface area (Å²) in [5.41, 5.74) is 5.69. The number of halogens is 1. The fraction of sp³-hybridized carbons (Fsp3) is 0.714. The fourth-order valence-corrected chi connectivity index (χ4v) is 1.80. The topological polar surface area (TPSA) is 26.0 Å². The number of hydrogen-bond acceptors (Lipinski definition) is 2. The minimum absolute atomic E-state index is 0.344. The summed E-state index contributed by atoms with van der Waals surface area (Å²) >= 11 is 5.11. The molecule has 0 rings (SSSR count). The van der Waals surface area contributed by atoms with Gasteiger partial charge in [0.1, 0.15) is 0 Å². The fourth-order valence-electron chi connectivity index (χ4n) is 0.439. The Hall–Kier alpha value is 0.530. The summed E-state index contributed by atoms with van der Waals surface area (Å²) in [6, 6.07) is 0.344. The molecule has 3 heteroatoms. The first-order valence-corrected chi connectivity index (χ1v) is 5.28. The zero-order chi connectivity index (χ0) is 7.98. The van der Waals surface area contributed by atoms with Crippen LogP contribution in [0.5, 0.6) is 0 Å². The van der Waals surface area contributed by atoms with E-state index in [1.807, 2.05) is 11.8 Å². The van der Waals surface area contributed by atoms with E-state index in [1.54, 1.807) is 0 Å². The summed E-state index contributed by atoms with van der Waals surface area (Å²) < 4.78 is 1.04. The second-order valence-corrected chi connectivity index (χ2v) is 4.35. The minimum atomic E-state index is 0.344. The van der Waals surface area contributed by atoms with Crippen LogP contribution in [-0.4, -0.2) is 17.5 Å². The van der Waals surface area contributed by atoms with Crippen molar-refractivity contribution in [3.63, 3.8) is 0 Å². The number of rotatable bonds is 5. The lowest BCUT2D eigenvalue weighted by Gasteiger charge is -2.06. The van der Waals surface area contributed by atoms with Crippen LogP contribution in [0.3, 0.4) is 0 Å². The molecule has 0 fully saturated rings. The third-order valence-electron chi connectivity index (χ3n) is 1.11. The van der Waals surface area contributed by atoms with Crippen LogP contribution in [-0.2, 0) is 0 Å². The first-order chi connectivity index (χ1) is 4.66. The summed E-state index contributed by atoms with van der Waals surface area (Å²) in [6.07, 6.45) is 1.06. The molecule has 0 aromatic heterocycles. The van der Waals surface area contributed by atoms with E-state index in [2.05, 4.69) is 29.4 Å². The van der Waals surface area contributed by atoms with Crippen molar-refractivity contribution < 1.29 is 0 Å². The van der Waals surface area contributed by atoms with Gasteiger partial charge in [0.05, 0.1) is 0 Å². The van der Waals surface area contributed by atoms with E-state index in [1.165, 1.54) is 0 Å². The van der Waals surface area contributed by atoms with Gasteiger partial charge in [-0.1, -0.05) is 29.4 Å². The van der Waals surface area contributed by atoms with Gasteiger partial charge in [-0.2, -0.15) is 11.8 Å². The molecule has 0 saturated carbocycles. The van der Waals surface area contributed by atoms with Crippen LogP contribution in [0.15, 0.2) is 11.1 Å². The Kier molecular flexibility index (Phi) is 6.59. The van der Waals surface area contributed by atoms with Crippen molar-refractivity contribution in [3.05, 3.63) is 11.1 Å². The zero-order valence-corrected chi connectivity index (χ0v) is 8.67. The SMILES string of the molecule is C=C(Br)CSCC(N)CC. The van der Waals surface area contributed by atoms with Crippen molar-refractivity contribution in [3.8, 4) is 0 Å². The summed E-state index contributed by atoms with van der Waals surface area (Å²) in [4.78, 5) is 0. The second kappa shape index (κ2) is 6.25. The summed E-state index contributed by atoms with van der Waals surface area (Å²) in [5, 5.41) is 0. The standard InChI is InChI=1S/C7H14BrNS/c1-3-7(9)5-10-4-6(2)8/h7H,2-5,9H2,1H3. The second-order valence-electron chi connectivity index (χ2n) is 2.20. The Balaban J connectivity index is 3.11. The van der Waals surface area contributed by atoms with Crippen molar-refractivity contribution in [2.24, 2.45) is 5.73 Å². The van der Waals surface area contributed by atoms with E-state index >= 15 is 0 Å². The highest BCUT2D eigenvalue weighted by atomic mass is 79.9. The molecule has 1 nitrogen and oxygen atoms in total. The van der Waals surface area contributed by atoms with Gasteiger partial charge in [-0.3, -0.25) is 0 Å². The van der Waals surface area contributed by atoms with Gasteiger partial charge in [-0.25, -0.2) is 0 Å². The minimum Gasteiger partial charge on any atom is -0.327 e. The monoisotopic (exact) mass is 223 g/mol. The smallest absolute Gasteiger partial charge is 0.0245 e. The van der Waals surface area contributed by atoms with Crippen LogP contribution >= 0.6 is 27.7 Å². The van der Waals surface area contributed by atoms with Crippen LogP contribution in [0.4, 0.5) is 0 Å². The Morgan fingerprint density at radius 3 is 2.80 bits per heavy atom. The van der Waals surface area contributed by atoms with Gasteiger partial charge in [-0.15, -0.1) is 0 Å². The average molecular weight is 224 g/mol. The van der Waals surface area contributed by atoms with E-state index < -0.39 is 0 Å². The van der Waals surface area contributed by atoms with Crippen molar-refractivity contribution >= 4 is 27.7 Å². The van der Waals surface area contributed by atoms with E-state index in [4.69, 9.17) is 5.73 Å². The van der Waals surface area contributed by atoms with Crippen LogP contribution in [0.1, 0.15) is 13.3 Å². The van der Waals surface area contributed by atoms with Crippen LogP contribution in [0.25, 0.3) is 0 Å². The number of hydrogen-bond donors (Lipinski definition) is 1. The molecule has 0 radical (unpaired) electrons. The molecule has 60 valence electrons. The van der Waals surface area contributed by atoms with Crippen molar-refractivity contribution in [2.45, 2.75) is 19.4 Å². The third-order valence-corrected chi connectivity index (χ3v) is 2.98. The molecule has 0 aliphatic carbocycles. The maximum Gasteiger partial charge on any atom is 0.0245 e. The molecule has 0 aliphatic rings. The molecular weight excluding hydrogens is 210 g/mol. The maximum absolute atomic E-state index is 5.69. The molecule has 1 unspecified atom stereocenters. The molecule has 0 amide bonds. The molecule has 0 heterocycles. The van der Waals surface area contributed by atoms with Crippen molar-refractivity contribution in [2.75, 3.05) is 11.5 Å². The Labute approximate surface area is 75.6 Å². The maximum atomic E-state index is 5.69. The van der Waals surface area contributed by atoms with Gasteiger partial charge in [0.2, 0.25) is 0 Å². The van der Waals surface area contributed by atoms with Gasteiger partial charge >= 0.3 is 0 Å². The summed E-state index contributed by atoms with van der Waals surface area (Å²) in [6.45, 7) is 5.84. The first-order valence-electron chi connectivity index (χ1n) is 3.33. The van der Waals surface area contributed by atoms with Crippen LogP contribution in [0, 0.1) is 0 Å². The van der Waals surface area contributed by atoms with E-state index in [-0.39, 0.29) is 0 Å². The van der Waals surface area contributed by atoms with Crippen LogP contribution in [0.2, 0.25) is 0 Å². The molecule has 0 spiro atoms. The average Bonchev–Trinajstić information content (AvgIpc) is 1.87. The number of nitrogens with two attached hydrogens (primary N) is 1. The van der Waals surface area contributed by atoms with Gasteiger partial charge in [-0.05, 0) is 10.9 Å². The Morgan fingerprint density at radius 2 is 2.40 bits per heavy atom. The normalized spacial score (nSPS) is 13.1. The predicted octanol–water partition coefficient (Wildman–Crippen LogP) is 2.37. The largest absolute Gasteiger partial charge is 0.327 e. The van der Waals surface area contributed by atoms with E-state index in [0.717, 1.165) is 22.4 Å². The van der Waals surface area contributed by atoms with E-state index in [9.17, 15) is 0 Å². The lowest BCUT2D eigenvalue weighted by Crippen LogP contribution is -2.21. The molecule has 1 atom stereocenters. The van der Waals surface area contributed by atoms with Crippen molar-refractivity contribution in [1.29, 1.82) is 0 Å². The van der Waals surface area contributed by atoms with Gasteiger partial charge < -0.3 is 5.73 Å². The molecule has 0 saturated heterocycles. The molecule has 0 aliphatic heterocycles. The lowest BCUT2D eigenvalue weighted by atomic mass is 10.3. The molecular formula is C7H14BrNS. The third kappa shape index (κ3) is 6.65. The molecule has 2 N–H and O–H groups in total. The number of thioether (sulfide) groups is 1. The van der Waals surface area contributed by atoms with Gasteiger partial charge in [0.25, 0.3) is 0 Å². The summed E-state index contributed by atoms with van der Waals surface area (Å²) in [7, 11) is 0. The van der Waals surface area contributed by atoms with Crippen LogP contribution < -0.4 is 5.73 Å². The molecule has 0 bridgehead atoms.